The average Bonchev–Trinajstić information content (AvgIpc) is 3.67. The number of carbonyl (C=O) groups is 1. The van der Waals surface area contributed by atoms with E-state index in [9.17, 15) is 30.3 Å². The summed E-state index contributed by atoms with van der Waals surface area (Å²) in [6.45, 7) is -0.0619. The van der Waals surface area contributed by atoms with E-state index in [1.807, 2.05) is 24.3 Å². The van der Waals surface area contributed by atoms with Crippen molar-refractivity contribution < 1.29 is 30.3 Å². The van der Waals surface area contributed by atoms with Crippen molar-refractivity contribution in [1.29, 1.82) is 0 Å². The molecule has 0 heterocycles. The highest BCUT2D eigenvalue weighted by molar-refractivity contribution is 5.74. The molecule has 6 heteroatoms. The highest BCUT2D eigenvalue weighted by Gasteiger charge is 2.59. The number of phenols is 1. The summed E-state index contributed by atoms with van der Waals surface area (Å²) in [4.78, 5) is 13.8. The maximum Gasteiger partial charge on any atom is 0.308 e. The third-order valence-electron chi connectivity index (χ3n) is 14.8. The van der Waals surface area contributed by atoms with Crippen molar-refractivity contribution in [2.24, 2.45) is 41.4 Å². The minimum atomic E-state index is -0.869. The summed E-state index contributed by atoms with van der Waals surface area (Å²) < 4.78 is 0. The summed E-state index contributed by atoms with van der Waals surface area (Å²) in [5, 5.41) is 56.1. The SMILES string of the molecule is O=C(O)[C@H]1[C@H](CO)C=CC[C@H](CCCCCC[C@H]2C=C(CO)CC2)[C@@H](c2ccc(O)cc2)Cc2ccc3c(c2)[C@]12C[C@H]1C(O)=c4ccccc4=C[C@@H]1C[C@@H]2CC3. The average molecular weight is 757 g/mol. The largest absolute Gasteiger partial charge is 0.511 e. The number of rotatable bonds is 11. The van der Waals surface area contributed by atoms with Gasteiger partial charge in [0.1, 0.15) is 11.5 Å². The number of aliphatic hydroxyl groups is 3. The Morgan fingerprint density at radius 1 is 0.839 bits per heavy atom. The van der Waals surface area contributed by atoms with E-state index < -0.39 is 23.2 Å². The van der Waals surface area contributed by atoms with Gasteiger partial charge >= 0.3 is 5.97 Å². The molecule has 9 atom stereocenters. The van der Waals surface area contributed by atoms with Gasteiger partial charge in [0, 0.05) is 22.5 Å². The molecule has 3 aromatic carbocycles. The molecule has 1 fully saturated rings. The molecule has 296 valence electrons. The second-order valence-corrected chi connectivity index (χ2v) is 17.9. The first-order valence-electron chi connectivity index (χ1n) is 21.5. The summed E-state index contributed by atoms with van der Waals surface area (Å²) in [5.74, 6) is -0.560. The van der Waals surface area contributed by atoms with Gasteiger partial charge in [-0.15, -0.1) is 0 Å². The molecule has 8 rings (SSSR count). The van der Waals surface area contributed by atoms with Gasteiger partial charge in [0.05, 0.1) is 19.1 Å². The van der Waals surface area contributed by atoms with E-state index >= 15 is 0 Å². The number of carboxylic acid groups (broad SMARTS) is 1. The molecule has 0 amide bonds. The molecule has 1 spiro atoms. The van der Waals surface area contributed by atoms with Crippen molar-refractivity contribution in [2.45, 2.75) is 101 Å². The molecule has 0 aliphatic heterocycles. The van der Waals surface area contributed by atoms with E-state index in [1.54, 1.807) is 12.1 Å². The molecule has 5 N–H and O–H groups in total. The van der Waals surface area contributed by atoms with Crippen LogP contribution in [0.1, 0.15) is 105 Å². The molecule has 0 unspecified atom stereocenters. The van der Waals surface area contributed by atoms with Crippen LogP contribution >= 0.6 is 0 Å². The highest BCUT2D eigenvalue weighted by Crippen LogP contribution is 2.60. The van der Waals surface area contributed by atoms with Gasteiger partial charge in [-0.1, -0.05) is 105 Å². The predicted octanol–water partition coefficient (Wildman–Crippen LogP) is 8.26. The summed E-state index contributed by atoms with van der Waals surface area (Å²) in [6, 6.07) is 22.6. The summed E-state index contributed by atoms with van der Waals surface area (Å²) in [6.07, 6.45) is 22.5. The lowest BCUT2D eigenvalue weighted by Gasteiger charge is -2.57. The van der Waals surface area contributed by atoms with Gasteiger partial charge in [0.15, 0.2) is 0 Å². The number of hydrogen-bond acceptors (Lipinski definition) is 5. The predicted molar refractivity (Wildman–Crippen MR) is 221 cm³/mol. The molecule has 0 aromatic heterocycles. The topological polar surface area (TPSA) is 118 Å². The minimum absolute atomic E-state index is 0.0920. The number of unbranched alkanes of at least 4 members (excludes halogenated alkanes) is 3. The zero-order chi connectivity index (χ0) is 38.8. The van der Waals surface area contributed by atoms with Gasteiger partial charge in [-0.25, -0.2) is 0 Å². The van der Waals surface area contributed by atoms with E-state index in [4.69, 9.17) is 0 Å². The van der Waals surface area contributed by atoms with Crippen LogP contribution in [-0.2, 0) is 23.1 Å². The first kappa shape index (κ1) is 38.7. The first-order valence-corrected chi connectivity index (χ1v) is 21.5. The summed E-state index contributed by atoms with van der Waals surface area (Å²) in [5.41, 5.74) is 5.14. The molecule has 1 saturated carbocycles. The molecule has 56 heavy (non-hydrogen) atoms. The lowest BCUT2D eigenvalue weighted by molar-refractivity contribution is -0.150. The molecule has 6 nitrogen and oxygen atoms in total. The van der Waals surface area contributed by atoms with Crippen LogP contribution < -0.4 is 10.4 Å². The fourth-order valence-corrected chi connectivity index (χ4v) is 12.1. The Hall–Kier alpha value is -4.13. The Balaban J connectivity index is 1.14. The Morgan fingerprint density at radius 3 is 2.41 bits per heavy atom. The van der Waals surface area contributed by atoms with Crippen molar-refractivity contribution >= 4 is 17.8 Å². The van der Waals surface area contributed by atoms with Gasteiger partial charge in [-0.3, -0.25) is 4.79 Å². The van der Waals surface area contributed by atoms with Crippen LogP contribution in [0, 0.1) is 41.4 Å². The second-order valence-electron chi connectivity index (χ2n) is 17.9. The number of fused-ring (bicyclic) bond motifs is 3. The number of aliphatic carboxylic acids is 1. The van der Waals surface area contributed by atoms with E-state index in [-0.39, 0.29) is 42.6 Å². The van der Waals surface area contributed by atoms with Crippen LogP contribution in [0.5, 0.6) is 5.75 Å². The van der Waals surface area contributed by atoms with Crippen LogP contribution in [0.2, 0.25) is 0 Å². The van der Waals surface area contributed by atoms with Crippen LogP contribution in [0.15, 0.2) is 90.5 Å². The standard InChI is InChI=1S/C50H60O6/c51-30-34-15-14-32(24-34)8-3-1-2-4-9-35-11-7-12-39(31-52)47(49(55)56)50-29-45-40(27-38-10-5-6-13-43(38)48(45)54)28-41(50)21-18-37-17-16-33(26-46(37)50)25-44(35)36-19-22-42(53)23-20-36/h5-7,10,12-13,16-17,19-20,22-24,26-27,32,35,39-41,44-45,47,51-54H,1-4,8-9,11,14-15,18,21,25,28-31H2,(H,55,56)/t32-,35+,39+,40-,41+,44+,45-,47-,50-/m1/s1. The first-order chi connectivity index (χ1) is 27.3. The van der Waals surface area contributed by atoms with Crippen LogP contribution in [0.3, 0.4) is 0 Å². The zero-order valence-corrected chi connectivity index (χ0v) is 32.7. The van der Waals surface area contributed by atoms with Gasteiger partial charge in [0.25, 0.3) is 0 Å². The quantitative estimate of drug-likeness (QED) is 0.0994. The lowest BCUT2D eigenvalue weighted by atomic mass is 9.46. The molecule has 2 bridgehead atoms. The van der Waals surface area contributed by atoms with E-state index in [0.29, 0.717) is 24.0 Å². The maximum absolute atomic E-state index is 13.8. The number of aromatic hydroxyl groups is 1. The molecule has 5 aliphatic carbocycles. The monoisotopic (exact) mass is 756 g/mol. The normalized spacial score (nSPS) is 30.8. The second kappa shape index (κ2) is 16.8. The fraction of sp³-hybridized carbons (Fsp3) is 0.500. The van der Waals surface area contributed by atoms with Gasteiger partial charge in [0.2, 0.25) is 0 Å². The number of aliphatic hydroxyl groups excluding tert-OH is 3. The molecular formula is C50H60O6. The van der Waals surface area contributed by atoms with Gasteiger partial charge < -0.3 is 25.5 Å². The number of aryl methyl sites for hydroxylation is 1. The lowest BCUT2D eigenvalue weighted by Crippen LogP contribution is -2.57. The van der Waals surface area contributed by atoms with E-state index in [0.717, 1.165) is 80.2 Å². The zero-order valence-electron chi connectivity index (χ0n) is 32.7. The van der Waals surface area contributed by atoms with Crippen molar-refractivity contribution in [1.82, 2.24) is 0 Å². The summed E-state index contributed by atoms with van der Waals surface area (Å²) in [7, 11) is 0. The Bertz CT molecular complexity index is 2060. The van der Waals surface area contributed by atoms with Gasteiger partial charge in [-0.05, 0) is 139 Å². The number of allylic oxidation sites excluding steroid dienone is 2. The Morgan fingerprint density at radius 2 is 1.64 bits per heavy atom. The molecular weight excluding hydrogens is 697 g/mol. The van der Waals surface area contributed by atoms with Crippen LogP contribution in [-0.4, -0.2) is 44.7 Å². The maximum atomic E-state index is 13.8. The molecule has 0 saturated heterocycles. The Labute approximate surface area is 332 Å². The molecule has 0 radical (unpaired) electrons. The van der Waals surface area contributed by atoms with Crippen molar-refractivity contribution in [3.8, 4) is 5.75 Å². The molecule has 3 aromatic rings. The summed E-state index contributed by atoms with van der Waals surface area (Å²) >= 11 is 0. The fourth-order valence-electron chi connectivity index (χ4n) is 12.1. The number of benzene rings is 3. The number of phenolic OH excluding ortho intramolecular Hbond substituents is 1. The van der Waals surface area contributed by atoms with Gasteiger partial charge in [-0.2, -0.15) is 0 Å². The molecule has 5 aliphatic rings. The van der Waals surface area contributed by atoms with Crippen molar-refractivity contribution in [2.75, 3.05) is 13.2 Å². The van der Waals surface area contributed by atoms with Crippen LogP contribution in [0.25, 0.3) is 11.8 Å². The Kier molecular flexibility index (Phi) is 11.6. The van der Waals surface area contributed by atoms with Crippen LogP contribution in [0.4, 0.5) is 0 Å². The minimum Gasteiger partial charge on any atom is -0.511 e. The number of carboxylic acids is 1. The van der Waals surface area contributed by atoms with E-state index in [1.165, 1.54) is 41.5 Å². The highest BCUT2D eigenvalue weighted by atomic mass is 16.4. The van der Waals surface area contributed by atoms with Crippen molar-refractivity contribution in [3.05, 3.63) is 123 Å². The van der Waals surface area contributed by atoms with E-state index in [2.05, 4.69) is 54.6 Å². The third kappa shape index (κ3) is 7.52. The van der Waals surface area contributed by atoms with Crippen molar-refractivity contribution in [3.63, 3.8) is 0 Å². The third-order valence-corrected chi connectivity index (χ3v) is 14.8. The number of hydrogen-bond donors (Lipinski definition) is 5. The smallest absolute Gasteiger partial charge is 0.308 e.